The predicted molar refractivity (Wildman–Crippen MR) is 92.4 cm³/mol. The van der Waals surface area contributed by atoms with E-state index in [1.165, 1.54) is 11.1 Å². The summed E-state index contributed by atoms with van der Waals surface area (Å²) in [6, 6.07) is 22.6. The minimum Gasteiger partial charge on any atom is -0.439 e. The van der Waals surface area contributed by atoms with Crippen LogP contribution in [0, 0.1) is 0 Å². The number of hydrogen-bond acceptors (Lipinski definition) is 3. The second kappa shape index (κ2) is 6.41. The van der Waals surface area contributed by atoms with E-state index < -0.39 is 5.97 Å². The molecule has 0 N–H and O–H groups in total. The highest BCUT2D eigenvalue weighted by atomic mass is 16.9. The fraction of sp³-hybridized carbons (Fsp3) is 0.200. The van der Waals surface area contributed by atoms with Crippen LogP contribution in [-0.4, -0.2) is 20.2 Å². The third kappa shape index (κ3) is 3.21. The Morgan fingerprint density at radius 2 is 1.48 bits per heavy atom. The van der Waals surface area contributed by atoms with E-state index in [-0.39, 0.29) is 0 Å². The number of benzene rings is 3. The molecule has 3 heteroatoms. The Labute approximate surface area is 136 Å². The second-order valence-corrected chi connectivity index (χ2v) is 5.43. The number of rotatable bonds is 5. The number of fused-ring (bicyclic) bond motifs is 1. The largest absolute Gasteiger partial charge is 0.439 e. The van der Waals surface area contributed by atoms with Gasteiger partial charge in [0.1, 0.15) is 5.75 Å². The summed E-state index contributed by atoms with van der Waals surface area (Å²) in [4.78, 5) is 0. The standard InChI is InChI=1S/C20H20O3/c1-20(21-2,22-3)23-19-11-7-10-17-14-16(12-13-18(17)19)15-8-5-4-6-9-15/h4-14H,1-3H3. The molecule has 3 aromatic rings. The van der Waals surface area contributed by atoms with Crippen molar-refractivity contribution in [2.24, 2.45) is 0 Å². The quantitative estimate of drug-likeness (QED) is 0.630. The van der Waals surface area contributed by atoms with Crippen molar-refractivity contribution in [2.45, 2.75) is 12.9 Å². The highest BCUT2D eigenvalue weighted by molar-refractivity contribution is 5.91. The van der Waals surface area contributed by atoms with Crippen molar-refractivity contribution in [3.8, 4) is 16.9 Å². The van der Waals surface area contributed by atoms with Crippen molar-refractivity contribution in [1.82, 2.24) is 0 Å². The van der Waals surface area contributed by atoms with E-state index in [1.54, 1.807) is 21.1 Å². The summed E-state index contributed by atoms with van der Waals surface area (Å²) in [6.07, 6.45) is 0. The van der Waals surface area contributed by atoms with Crippen LogP contribution in [0.1, 0.15) is 6.92 Å². The van der Waals surface area contributed by atoms with Gasteiger partial charge >= 0.3 is 5.97 Å². The summed E-state index contributed by atoms with van der Waals surface area (Å²) >= 11 is 0. The number of hydrogen-bond donors (Lipinski definition) is 0. The SMILES string of the molecule is COC(C)(OC)Oc1cccc2cc(-c3ccccc3)ccc12. The van der Waals surface area contributed by atoms with Gasteiger partial charge < -0.3 is 14.2 Å². The van der Waals surface area contributed by atoms with Crippen LogP contribution in [0.2, 0.25) is 0 Å². The smallest absolute Gasteiger partial charge is 0.323 e. The van der Waals surface area contributed by atoms with E-state index >= 15 is 0 Å². The van der Waals surface area contributed by atoms with E-state index in [0.717, 1.165) is 16.5 Å². The first-order valence-electron chi connectivity index (χ1n) is 7.53. The van der Waals surface area contributed by atoms with Crippen LogP contribution in [0.4, 0.5) is 0 Å². The molecule has 0 spiro atoms. The van der Waals surface area contributed by atoms with Gasteiger partial charge in [0.2, 0.25) is 0 Å². The Morgan fingerprint density at radius 1 is 0.739 bits per heavy atom. The minimum atomic E-state index is -1.10. The van der Waals surface area contributed by atoms with Crippen molar-refractivity contribution in [2.75, 3.05) is 14.2 Å². The Bertz CT molecular complexity index is 792. The van der Waals surface area contributed by atoms with Crippen molar-refractivity contribution in [3.63, 3.8) is 0 Å². The molecule has 0 heterocycles. The molecule has 0 aromatic heterocycles. The molecule has 0 radical (unpaired) electrons. The Hall–Kier alpha value is -2.36. The van der Waals surface area contributed by atoms with Gasteiger partial charge in [0.25, 0.3) is 0 Å². The van der Waals surface area contributed by atoms with E-state index in [2.05, 4.69) is 36.4 Å². The van der Waals surface area contributed by atoms with Crippen LogP contribution in [-0.2, 0) is 9.47 Å². The molecule has 0 unspecified atom stereocenters. The first-order valence-corrected chi connectivity index (χ1v) is 7.53. The first-order chi connectivity index (χ1) is 11.1. The number of ether oxygens (including phenoxy) is 3. The van der Waals surface area contributed by atoms with Gasteiger partial charge in [0, 0.05) is 26.5 Å². The Balaban J connectivity index is 2.03. The third-order valence-electron chi connectivity index (χ3n) is 3.98. The molecule has 0 saturated heterocycles. The summed E-state index contributed by atoms with van der Waals surface area (Å²) < 4.78 is 16.5. The van der Waals surface area contributed by atoms with Gasteiger partial charge in [-0.05, 0) is 28.6 Å². The van der Waals surface area contributed by atoms with E-state index in [0.29, 0.717) is 0 Å². The molecule has 3 rings (SSSR count). The molecular weight excluding hydrogens is 288 g/mol. The summed E-state index contributed by atoms with van der Waals surface area (Å²) in [6.45, 7) is 1.74. The topological polar surface area (TPSA) is 27.7 Å². The lowest BCUT2D eigenvalue weighted by Gasteiger charge is -2.27. The predicted octanol–water partition coefficient (Wildman–Crippen LogP) is 4.85. The highest BCUT2D eigenvalue weighted by Gasteiger charge is 2.25. The average molecular weight is 308 g/mol. The monoisotopic (exact) mass is 308 g/mol. The van der Waals surface area contributed by atoms with Crippen molar-refractivity contribution >= 4 is 10.8 Å². The molecule has 0 saturated carbocycles. The van der Waals surface area contributed by atoms with E-state index in [1.807, 2.05) is 30.3 Å². The lowest BCUT2D eigenvalue weighted by atomic mass is 10.0. The summed E-state index contributed by atoms with van der Waals surface area (Å²) in [7, 11) is 3.12. The molecule has 0 aliphatic carbocycles. The van der Waals surface area contributed by atoms with Crippen LogP contribution in [0.3, 0.4) is 0 Å². The molecule has 3 aromatic carbocycles. The zero-order chi connectivity index (χ0) is 16.3. The second-order valence-electron chi connectivity index (χ2n) is 5.43. The fourth-order valence-corrected chi connectivity index (χ4v) is 2.52. The molecule has 0 aliphatic heterocycles. The molecule has 0 fully saturated rings. The number of methoxy groups -OCH3 is 2. The maximum Gasteiger partial charge on any atom is 0.323 e. The highest BCUT2D eigenvalue weighted by Crippen LogP contribution is 2.32. The van der Waals surface area contributed by atoms with E-state index in [9.17, 15) is 0 Å². The third-order valence-corrected chi connectivity index (χ3v) is 3.98. The van der Waals surface area contributed by atoms with Crippen LogP contribution >= 0.6 is 0 Å². The summed E-state index contributed by atoms with van der Waals surface area (Å²) in [5, 5.41) is 2.13. The molecule has 23 heavy (non-hydrogen) atoms. The van der Waals surface area contributed by atoms with Crippen LogP contribution < -0.4 is 4.74 Å². The zero-order valence-corrected chi connectivity index (χ0v) is 13.6. The van der Waals surface area contributed by atoms with Gasteiger partial charge in [-0.15, -0.1) is 0 Å². The fourth-order valence-electron chi connectivity index (χ4n) is 2.52. The van der Waals surface area contributed by atoms with Crippen molar-refractivity contribution in [1.29, 1.82) is 0 Å². The van der Waals surface area contributed by atoms with Gasteiger partial charge in [-0.3, -0.25) is 0 Å². The zero-order valence-electron chi connectivity index (χ0n) is 13.6. The normalized spacial score (nSPS) is 11.6. The lowest BCUT2D eigenvalue weighted by Crippen LogP contribution is -2.36. The van der Waals surface area contributed by atoms with Crippen LogP contribution in [0.5, 0.6) is 5.75 Å². The molecule has 118 valence electrons. The van der Waals surface area contributed by atoms with Crippen LogP contribution in [0.15, 0.2) is 66.7 Å². The van der Waals surface area contributed by atoms with Gasteiger partial charge in [-0.25, -0.2) is 0 Å². The molecule has 3 nitrogen and oxygen atoms in total. The van der Waals surface area contributed by atoms with Gasteiger partial charge in [0.15, 0.2) is 0 Å². The Kier molecular flexibility index (Phi) is 4.33. The van der Waals surface area contributed by atoms with Crippen molar-refractivity contribution in [3.05, 3.63) is 66.7 Å². The molecule has 0 aliphatic rings. The van der Waals surface area contributed by atoms with Gasteiger partial charge in [-0.1, -0.05) is 54.6 Å². The first kappa shape index (κ1) is 15.5. The lowest BCUT2D eigenvalue weighted by molar-refractivity contribution is -0.308. The Morgan fingerprint density at radius 3 is 2.17 bits per heavy atom. The van der Waals surface area contributed by atoms with Gasteiger partial charge in [-0.2, -0.15) is 0 Å². The molecule has 0 atom stereocenters. The molecule has 0 amide bonds. The average Bonchev–Trinajstić information content (AvgIpc) is 2.62. The maximum atomic E-state index is 5.91. The summed E-state index contributed by atoms with van der Waals surface area (Å²) in [5.41, 5.74) is 2.37. The summed E-state index contributed by atoms with van der Waals surface area (Å²) in [5.74, 6) is -0.375. The minimum absolute atomic E-state index is 0.730. The van der Waals surface area contributed by atoms with Crippen LogP contribution in [0.25, 0.3) is 21.9 Å². The molecular formula is C20H20O3. The van der Waals surface area contributed by atoms with E-state index in [4.69, 9.17) is 14.2 Å². The van der Waals surface area contributed by atoms with Crippen molar-refractivity contribution < 1.29 is 14.2 Å². The maximum absolute atomic E-state index is 5.91. The van der Waals surface area contributed by atoms with Gasteiger partial charge in [0.05, 0.1) is 0 Å². The molecule has 0 bridgehead atoms.